The molecule has 0 radical (unpaired) electrons. The van der Waals surface area contributed by atoms with Crippen LogP contribution in [0.5, 0.6) is 0 Å². The van der Waals surface area contributed by atoms with Crippen molar-refractivity contribution in [2.75, 3.05) is 29.5 Å². The SMILES string of the molecule is CCN(C(=O)CSCCN)c1ccc(F)cc1. The zero-order valence-electron chi connectivity index (χ0n) is 9.86. The van der Waals surface area contributed by atoms with Gasteiger partial charge in [0.05, 0.1) is 5.75 Å². The molecule has 1 aromatic carbocycles. The monoisotopic (exact) mass is 256 g/mol. The molecule has 0 saturated carbocycles. The summed E-state index contributed by atoms with van der Waals surface area (Å²) in [7, 11) is 0. The van der Waals surface area contributed by atoms with Crippen LogP contribution in [0.3, 0.4) is 0 Å². The number of rotatable bonds is 6. The number of carbonyl (C=O) groups is 1. The Labute approximate surface area is 105 Å². The molecule has 0 atom stereocenters. The highest BCUT2D eigenvalue weighted by Crippen LogP contribution is 2.16. The molecule has 0 aromatic heterocycles. The summed E-state index contributed by atoms with van der Waals surface area (Å²) in [6.45, 7) is 3.04. The highest BCUT2D eigenvalue weighted by Gasteiger charge is 2.13. The van der Waals surface area contributed by atoms with Crippen LogP contribution in [0.2, 0.25) is 0 Å². The van der Waals surface area contributed by atoms with Gasteiger partial charge in [-0.15, -0.1) is 0 Å². The molecule has 1 amide bonds. The fourth-order valence-electron chi connectivity index (χ4n) is 1.44. The Bertz CT molecular complexity index is 356. The number of anilines is 1. The van der Waals surface area contributed by atoms with E-state index in [9.17, 15) is 9.18 Å². The van der Waals surface area contributed by atoms with Crippen molar-refractivity contribution in [3.63, 3.8) is 0 Å². The number of nitrogens with zero attached hydrogens (tertiary/aromatic N) is 1. The number of thioether (sulfide) groups is 1. The lowest BCUT2D eigenvalue weighted by Crippen LogP contribution is -2.32. The fourth-order valence-corrected chi connectivity index (χ4v) is 2.09. The van der Waals surface area contributed by atoms with Crippen LogP contribution < -0.4 is 10.6 Å². The van der Waals surface area contributed by atoms with E-state index in [-0.39, 0.29) is 11.7 Å². The van der Waals surface area contributed by atoms with E-state index in [4.69, 9.17) is 5.73 Å². The first-order chi connectivity index (χ1) is 8.19. The van der Waals surface area contributed by atoms with Crippen molar-refractivity contribution in [1.29, 1.82) is 0 Å². The zero-order chi connectivity index (χ0) is 12.7. The third kappa shape index (κ3) is 4.36. The largest absolute Gasteiger partial charge is 0.330 e. The van der Waals surface area contributed by atoms with Gasteiger partial charge >= 0.3 is 0 Å². The van der Waals surface area contributed by atoms with Gasteiger partial charge in [-0.2, -0.15) is 11.8 Å². The third-order valence-corrected chi connectivity index (χ3v) is 3.22. The van der Waals surface area contributed by atoms with Gasteiger partial charge in [0.25, 0.3) is 0 Å². The van der Waals surface area contributed by atoms with Crippen molar-refractivity contribution in [2.24, 2.45) is 5.73 Å². The Morgan fingerprint density at radius 2 is 2.06 bits per heavy atom. The van der Waals surface area contributed by atoms with Crippen molar-refractivity contribution in [2.45, 2.75) is 6.92 Å². The molecule has 0 unspecified atom stereocenters. The molecular formula is C12H17FN2OS. The minimum absolute atomic E-state index is 0.0255. The molecule has 5 heteroatoms. The van der Waals surface area contributed by atoms with E-state index < -0.39 is 0 Å². The van der Waals surface area contributed by atoms with E-state index in [2.05, 4.69) is 0 Å². The van der Waals surface area contributed by atoms with Gasteiger partial charge in [-0.05, 0) is 31.2 Å². The topological polar surface area (TPSA) is 46.3 Å². The van der Waals surface area contributed by atoms with E-state index in [0.29, 0.717) is 18.8 Å². The summed E-state index contributed by atoms with van der Waals surface area (Å²) in [5, 5.41) is 0. The summed E-state index contributed by atoms with van der Waals surface area (Å²) in [5.41, 5.74) is 6.09. The highest BCUT2D eigenvalue weighted by atomic mass is 32.2. The molecular weight excluding hydrogens is 239 g/mol. The molecule has 0 aliphatic carbocycles. The number of hydrogen-bond donors (Lipinski definition) is 1. The number of nitrogens with two attached hydrogens (primary N) is 1. The van der Waals surface area contributed by atoms with Crippen LogP contribution in [0.15, 0.2) is 24.3 Å². The molecule has 0 heterocycles. The maximum atomic E-state index is 12.8. The van der Waals surface area contributed by atoms with Crippen molar-refractivity contribution < 1.29 is 9.18 Å². The normalized spacial score (nSPS) is 10.3. The molecule has 1 aromatic rings. The van der Waals surface area contributed by atoms with Gasteiger partial charge in [-0.25, -0.2) is 4.39 Å². The maximum absolute atomic E-state index is 12.8. The number of halogens is 1. The van der Waals surface area contributed by atoms with Crippen LogP contribution in [0.4, 0.5) is 10.1 Å². The second-order valence-electron chi connectivity index (χ2n) is 3.46. The molecule has 0 aliphatic rings. The average Bonchev–Trinajstić information content (AvgIpc) is 2.33. The van der Waals surface area contributed by atoms with E-state index in [1.807, 2.05) is 6.92 Å². The van der Waals surface area contributed by atoms with E-state index in [1.165, 1.54) is 23.9 Å². The van der Waals surface area contributed by atoms with Gasteiger partial charge in [-0.1, -0.05) is 0 Å². The number of amides is 1. The van der Waals surface area contributed by atoms with Crippen LogP contribution in [0.25, 0.3) is 0 Å². The number of hydrogen-bond acceptors (Lipinski definition) is 3. The standard InChI is InChI=1S/C12H17FN2OS/c1-2-15(12(16)9-17-8-7-14)11-5-3-10(13)4-6-11/h3-6H,2,7-9,14H2,1H3. The first kappa shape index (κ1) is 14.0. The summed E-state index contributed by atoms with van der Waals surface area (Å²) < 4.78 is 12.8. The predicted molar refractivity (Wildman–Crippen MR) is 70.8 cm³/mol. The third-order valence-electron chi connectivity index (χ3n) is 2.24. The molecule has 2 N–H and O–H groups in total. The van der Waals surface area contributed by atoms with Crippen molar-refractivity contribution in [3.8, 4) is 0 Å². The molecule has 0 saturated heterocycles. The van der Waals surface area contributed by atoms with Crippen molar-refractivity contribution in [1.82, 2.24) is 0 Å². The Hall–Kier alpha value is -1.07. The first-order valence-corrected chi connectivity index (χ1v) is 6.68. The molecule has 1 rings (SSSR count). The summed E-state index contributed by atoms with van der Waals surface area (Å²) >= 11 is 1.51. The summed E-state index contributed by atoms with van der Waals surface area (Å²) in [6.07, 6.45) is 0. The minimum atomic E-state index is -0.297. The lowest BCUT2D eigenvalue weighted by Gasteiger charge is -2.20. The summed E-state index contributed by atoms with van der Waals surface area (Å²) in [4.78, 5) is 13.5. The minimum Gasteiger partial charge on any atom is -0.330 e. The van der Waals surface area contributed by atoms with E-state index >= 15 is 0 Å². The van der Waals surface area contributed by atoms with Gasteiger partial charge in [0.15, 0.2) is 0 Å². The van der Waals surface area contributed by atoms with Crippen LogP contribution in [-0.4, -0.2) is 30.5 Å². The summed E-state index contributed by atoms with van der Waals surface area (Å²) in [5.74, 6) is 0.905. The molecule has 0 bridgehead atoms. The maximum Gasteiger partial charge on any atom is 0.236 e. The average molecular weight is 256 g/mol. The molecule has 0 aliphatic heterocycles. The van der Waals surface area contributed by atoms with Crippen molar-refractivity contribution in [3.05, 3.63) is 30.1 Å². The summed E-state index contributed by atoms with van der Waals surface area (Å²) in [6, 6.07) is 5.95. The fraction of sp³-hybridized carbons (Fsp3) is 0.417. The van der Waals surface area contributed by atoms with Gasteiger partial charge in [0.1, 0.15) is 5.82 Å². The number of carbonyl (C=O) groups excluding carboxylic acids is 1. The Morgan fingerprint density at radius 3 is 2.59 bits per heavy atom. The molecule has 0 fully saturated rings. The highest BCUT2D eigenvalue weighted by molar-refractivity contribution is 7.99. The van der Waals surface area contributed by atoms with E-state index in [0.717, 1.165) is 11.4 Å². The van der Waals surface area contributed by atoms with Crippen LogP contribution in [0.1, 0.15) is 6.92 Å². The van der Waals surface area contributed by atoms with Gasteiger partial charge in [-0.3, -0.25) is 4.79 Å². The van der Waals surface area contributed by atoms with Crippen LogP contribution in [0, 0.1) is 5.82 Å². The predicted octanol–water partition coefficient (Wildman–Crippen LogP) is 1.87. The molecule has 3 nitrogen and oxygen atoms in total. The van der Waals surface area contributed by atoms with Crippen molar-refractivity contribution >= 4 is 23.4 Å². The first-order valence-electron chi connectivity index (χ1n) is 5.52. The second kappa shape index (κ2) is 7.29. The zero-order valence-corrected chi connectivity index (χ0v) is 10.7. The van der Waals surface area contributed by atoms with Gasteiger partial charge in [0, 0.05) is 24.5 Å². The lowest BCUT2D eigenvalue weighted by atomic mass is 10.3. The Kier molecular flexibility index (Phi) is 6.00. The quantitative estimate of drug-likeness (QED) is 0.790. The molecule has 17 heavy (non-hydrogen) atoms. The second-order valence-corrected chi connectivity index (χ2v) is 4.56. The van der Waals surface area contributed by atoms with Gasteiger partial charge in [0.2, 0.25) is 5.91 Å². The smallest absolute Gasteiger partial charge is 0.236 e. The Morgan fingerprint density at radius 1 is 1.41 bits per heavy atom. The Balaban J connectivity index is 2.64. The van der Waals surface area contributed by atoms with E-state index in [1.54, 1.807) is 17.0 Å². The molecule has 94 valence electrons. The van der Waals surface area contributed by atoms with Gasteiger partial charge < -0.3 is 10.6 Å². The molecule has 0 spiro atoms. The number of benzene rings is 1. The van der Waals surface area contributed by atoms with Crippen LogP contribution in [-0.2, 0) is 4.79 Å². The van der Waals surface area contributed by atoms with Crippen LogP contribution >= 0.6 is 11.8 Å². The lowest BCUT2D eigenvalue weighted by molar-refractivity contribution is -0.116.